The third-order valence-electron chi connectivity index (χ3n) is 13.5. The Morgan fingerprint density at radius 3 is 2.17 bits per heavy atom. The van der Waals surface area contributed by atoms with Crippen LogP contribution in [0.4, 0.5) is 0 Å². The van der Waals surface area contributed by atoms with Gasteiger partial charge in [-0.25, -0.2) is 0 Å². The van der Waals surface area contributed by atoms with Crippen LogP contribution in [0, 0.1) is 0 Å². The Balaban J connectivity index is 1.23. The second-order valence-electron chi connectivity index (χ2n) is 19.0. The zero-order chi connectivity index (χ0) is 39.2. The molecule has 4 nitrogen and oxygen atoms in total. The zero-order valence-electron chi connectivity index (χ0n) is 34.1. The maximum absolute atomic E-state index is 6.86. The maximum atomic E-state index is 6.86. The van der Waals surface area contributed by atoms with Crippen molar-refractivity contribution < 1.29 is 13.6 Å². The van der Waals surface area contributed by atoms with Crippen LogP contribution in [-0.4, -0.2) is 4.40 Å². The average molecular weight is 754 g/mol. The van der Waals surface area contributed by atoms with Gasteiger partial charge in [0.15, 0.2) is 24.6 Å². The van der Waals surface area contributed by atoms with Crippen molar-refractivity contribution >= 4 is 66.2 Å². The van der Waals surface area contributed by atoms with Gasteiger partial charge in [-0.05, 0) is 106 Å². The van der Waals surface area contributed by atoms with Crippen LogP contribution in [-0.2, 0) is 17.3 Å². The van der Waals surface area contributed by atoms with Crippen LogP contribution in [0.25, 0.3) is 88.7 Å². The first-order valence-electron chi connectivity index (χ1n) is 21.0. The first-order chi connectivity index (χ1) is 28.0. The number of furan rings is 1. The van der Waals surface area contributed by atoms with Gasteiger partial charge in [0.2, 0.25) is 11.4 Å². The molecule has 282 valence electrons. The highest BCUT2D eigenvalue weighted by molar-refractivity contribution is 6.35. The molecule has 4 heteroatoms. The van der Waals surface area contributed by atoms with E-state index < -0.39 is 0 Å². The van der Waals surface area contributed by atoms with Crippen molar-refractivity contribution in [1.29, 1.82) is 0 Å². The molecular formula is C54H47N3O+2. The normalized spacial score (nSPS) is 17.5. The van der Waals surface area contributed by atoms with E-state index in [-0.39, 0.29) is 16.9 Å². The van der Waals surface area contributed by atoms with Gasteiger partial charge < -0.3 is 8.82 Å². The zero-order valence-corrected chi connectivity index (χ0v) is 34.1. The van der Waals surface area contributed by atoms with Crippen molar-refractivity contribution in [1.82, 2.24) is 4.40 Å². The Morgan fingerprint density at radius 2 is 1.34 bits per heavy atom. The van der Waals surface area contributed by atoms with Crippen molar-refractivity contribution in [2.24, 2.45) is 0 Å². The minimum atomic E-state index is 0.00795. The number of pyridine rings is 2. The highest BCUT2D eigenvalue weighted by Gasteiger charge is 2.41. The summed E-state index contributed by atoms with van der Waals surface area (Å²) in [6.07, 6.45) is 11.1. The lowest BCUT2D eigenvalue weighted by Gasteiger charge is -2.30. The van der Waals surface area contributed by atoms with E-state index in [0.717, 1.165) is 24.0 Å². The first kappa shape index (κ1) is 33.8. The molecule has 0 aliphatic carbocycles. The Bertz CT molecular complexity index is 3380. The van der Waals surface area contributed by atoms with E-state index in [4.69, 9.17) is 4.42 Å². The lowest BCUT2D eigenvalue weighted by molar-refractivity contribution is -0.718. The summed E-state index contributed by atoms with van der Waals surface area (Å²) in [6, 6.07) is 44.0. The fourth-order valence-corrected chi connectivity index (χ4v) is 10.6. The molecule has 0 amide bonds. The molecule has 0 saturated heterocycles. The van der Waals surface area contributed by atoms with E-state index in [1.807, 2.05) is 0 Å². The Kier molecular flexibility index (Phi) is 6.81. The third-order valence-corrected chi connectivity index (χ3v) is 13.5. The molecule has 7 heterocycles. The number of aromatic nitrogens is 3. The van der Waals surface area contributed by atoms with Crippen LogP contribution in [0.15, 0.2) is 138 Å². The van der Waals surface area contributed by atoms with E-state index in [0.29, 0.717) is 5.92 Å². The Hall–Kier alpha value is -6.26. The summed E-state index contributed by atoms with van der Waals surface area (Å²) in [5.74, 6) is 0.320. The van der Waals surface area contributed by atoms with Crippen LogP contribution in [0.3, 0.4) is 0 Å². The monoisotopic (exact) mass is 753 g/mol. The number of benzene rings is 5. The van der Waals surface area contributed by atoms with Crippen LogP contribution in [0.2, 0.25) is 0 Å². The molecule has 5 aromatic heterocycles. The van der Waals surface area contributed by atoms with Gasteiger partial charge in [0.25, 0.3) is 0 Å². The number of nitrogens with zero attached hydrogens (tertiary/aromatic N) is 3. The quantitative estimate of drug-likeness (QED) is 0.142. The predicted molar refractivity (Wildman–Crippen MR) is 239 cm³/mol. The van der Waals surface area contributed by atoms with Gasteiger partial charge in [-0.2, -0.15) is 9.13 Å². The molecule has 10 aromatic rings. The molecule has 0 fully saturated rings. The molecule has 2 atom stereocenters. The summed E-state index contributed by atoms with van der Waals surface area (Å²) in [5.41, 5.74) is 16.3. The van der Waals surface area contributed by atoms with Crippen molar-refractivity contribution in [2.75, 3.05) is 0 Å². The van der Waals surface area contributed by atoms with E-state index in [2.05, 4.69) is 195 Å². The minimum absolute atomic E-state index is 0.00795. The molecule has 0 radical (unpaired) electrons. The van der Waals surface area contributed by atoms with Gasteiger partial charge in [-0.15, -0.1) is 0 Å². The average Bonchev–Trinajstić information content (AvgIpc) is 3.86. The summed E-state index contributed by atoms with van der Waals surface area (Å²) in [4.78, 5) is 0. The molecule has 0 saturated carbocycles. The van der Waals surface area contributed by atoms with Crippen LogP contribution < -0.4 is 9.13 Å². The summed E-state index contributed by atoms with van der Waals surface area (Å²) < 4.78 is 14.3. The predicted octanol–water partition coefficient (Wildman–Crippen LogP) is 13.0. The Labute approximate surface area is 338 Å². The number of rotatable bonds is 0. The van der Waals surface area contributed by atoms with Gasteiger partial charge in [-0.3, -0.25) is 0 Å². The molecule has 12 rings (SSSR count). The number of allylic oxidation sites excluding steroid dienone is 1. The summed E-state index contributed by atoms with van der Waals surface area (Å²) in [5, 5.41) is 7.48. The highest BCUT2D eigenvalue weighted by Crippen LogP contribution is 2.49. The van der Waals surface area contributed by atoms with Gasteiger partial charge in [0.05, 0.1) is 28.0 Å². The fourth-order valence-electron chi connectivity index (χ4n) is 10.6. The summed E-state index contributed by atoms with van der Waals surface area (Å²) >= 11 is 0. The molecule has 58 heavy (non-hydrogen) atoms. The molecule has 0 bridgehead atoms. The van der Waals surface area contributed by atoms with E-state index in [1.165, 1.54) is 93.6 Å². The fraction of sp³-hybridized carbons (Fsp3) is 0.222. The van der Waals surface area contributed by atoms with Crippen LogP contribution in [0.1, 0.15) is 82.2 Å². The Morgan fingerprint density at radius 1 is 0.603 bits per heavy atom. The molecule has 0 spiro atoms. The number of hydrogen-bond donors (Lipinski definition) is 0. The highest BCUT2D eigenvalue weighted by atomic mass is 16.3. The minimum Gasteiger partial charge on any atom is -0.456 e. The first-order valence-corrected chi connectivity index (χ1v) is 21.0. The second kappa shape index (κ2) is 11.7. The van der Waals surface area contributed by atoms with Gasteiger partial charge in [0, 0.05) is 68.6 Å². The van der Waals surface area contributed by atoms with E-state index in [9.17, 15) is 0 Å². The van der Waals surface area contributed by atoms with Crippen LogP contribution >= 0.6 is 0 Å². The molecule has 2 aliphatic rings. The maximum Gasteiger partial charge on any atom is 0.218 e. The summed E-state index contributed by atoms with van der Waals surface area (Å²) in [6.45, 7) is 13.8. The molecule has 2 aliphatic heterocycles. The molecule has 2 unspecified atom stereocenters. The van der Waals surface area contributed by atoms with Crippen molar-refractivity contribution in [3.05, 3.63) is 156 Å². The second-order valence-corrected chi connectivity index (χ2v) is 19.0. The topological polar surface area (TPSA) is 25.3 Å². The van der Waals surface area contributed by atoms with Crippen LogP contribution in [0.5, 0.6) is 0 Å². The molecular weight excluding hydrogens is 707 g/mol. The number of fused-ring (bicyclic) bond motifs is 19. The smallest absolute Gasteiger partial charge is 0.218 e. The lowest BCUT2D eigenvalue weighted by atomic mass is 9.78. The molecule has 5 aromatic carbocycles. The SMILES string of the molecule is CC(C)(C)c1ccc2oc3cc4c5cc(C(C)(C)C)ccc5n5c6cc7c(cc6c(c3c2c1)c45)-c1cccc[n+]1/C=C/CC1c2ccccc2-c2cccc[n+]2C1C7. The number of hydrogen-bond acceptors (Lipinski definition) is 1. The van der Waals surface area contributed by atoms with Gasteiger partial charge in [-0.1, -0.05) is 71.9 Å². The standard InChI is InChI=1S/C54H47N3O/c1-53(2,3)33-19-21-45-39(28-33)40-31-49-50(42-29-34(54(4,5)6)20-22-48(42)58-49)51-41-30-38-32(27-47(41)57(45)52(40)51)26-46-37(16-13-24-55-23-11-9-17-43(38)55)35-14-7-8-15-36(35)44-18-10-12-25-56(44)46/h7-15,17-25,27-31,37,46H,16,26H2,1-6H3/q+2/b24-13+. The largest absolute Gasteiger partial charge is 0.456 e. The van der Waals surface area contributed by atoms with Gasteiger partial charge >= 0.3 is 0 Å². The summed E-state index contributed by atoms with van der Waals surface area (Å²) in [7, 11) is 0. The third kappa shape index (κ3) is 4.69. The molecule has 0 N–H and O–H groups in total. The van der Waals surface area contributed by atoms with E-state index >= 15 is 0 Å². The van der Waals surface area contributed by atoms with Crippen molar-refractivity contribution in [3.63, 3.8) is 0 Å². The van der Waals surface area contributed by atoms with Crippen molar-refractivity contribution in [3.8, 4) is 22.5 Å². The van der Waals surface area contributed by atoms with E-state index in [1.54, 1.807) is 0 Å². The lowest BCUT2D eigenvalue weighted by Crippen LogP contribution is -2.48. The van der Waals surface area contributed by atoms with Gasteiger partial charge in [0.1, 0.15) is 11.2 Å². The van der Waals surface area contributed by atoms with Crippen molar-refractivity contribution in [2.45, 2.75) is 77.2 Å².